The van der Waals surface area contributed by atoms with Gasteiger partial charge in [0.2, 0.25) is 0 Å². The Kier molecular flexibility index (Phi) is 2.52. The van der Waals surface area contributed by atoms with E-state index in [2.05, 4.69) is 10.3 Å². The van der Waals surface area contributed by atoms with E-state index in [9.17, 15) is 0 Å². The summed E-state index contributed by atoms with van der Waals surface area (Å²) in [4.78, 5) is 4.32. The molecule has 1 heterocycles. The number of nitrogens with one attached hydrogen (secondary N) is 1. The molecule has 0 saturated heterocycles. The quantitative estimate of drug-likeness (QED) is 0.850. The standard InChI is InChI=1S/C13H17N3O/c1-8-16-12-6-11(2-3-13(12)17-8)15-7-9-4-10(14)5-9/h2-3,6,9-10,15H,4-5,7,14H2,1H3. The Hall–Kier alpha value is -1.55. The van der Waals surface area contributed by atoms with Gasteiger partial charge >= 0.3 is 0 Å². The molecule has 90 valence electrons. The molecule has 0 aliphatic heterocycles. The molecule has 4 nitrogen and oxygen atoms in total. The second kappa shape index (κ2) is 4.04. The van der Waals surface area contributed by atoms with E-state index in [-0.39, 0.29) is 0 Å². The van der Waals surface area contributed by atoms with Gasteiger partial charge < -0.3 is 15.5 Å². The van der Waals surface area contributed by atoms with Gasteiger partial charge in [0.05, 0.1) is 0 Å². The van der Waals surface area contributed by atoms with Gasteiger partial charge in [-0.15, -0.1) is 0 Å². The highest BCUT2D eigenvalue weighted by Crippen LogP contribution is 2.26. The van der Waals surface area contributed by atoms with Gasteiger partial charge in [0.15, 0.2) is 11.5 Å². The summed E-state index contributed by atoms with van der Waals surface area (Å²) in [6.07, 6.45) is 2.27. The number of aryl methyl sites for hydroxylation is 1. The van der Waals surface area contributed by atoms with Crippen molar-refractivity contribution < 1.29 is 4.42 Å². The van der Waals surface area contributed by atoms with Gasteiger partial charge in [-0.1, -0.05) is 0 Å². The molecule has 3 N–H and O–H groups in total. The first-order chi connectivity index (χ1) is 8.20. The van der Waals surface area contributed by atoms with Crippen molar-refractivity contribution >= 4 is 16.8 Å². The number of aromatic nitrogens is 1. The van der Waals surface area contributed by atoms with Gasteiger partial charge in [-0.3, -0.25) is 0 Å². The summed E-state index contributed by atoms with van der Waals surface area (Å²) in [6, 6.07) is 6.45. The number of rotatable bonds is 3. The van der Waals surface area contributed by atoms with Crippen molar-refractivity contribution in [2.45, 2.75) is 25.8 Å². The highest BCUT2D eigenvalue weighted by Gasteiger charge is 2.25. The molecule has 0 unspecified atom stereocenters. The lowest BCUT2D eigenvalue weighted by atomic mass is 9.81. The minimum atomic E-state index is 0.419. The molecule has 1 aromatic heterocycles. The second-order valence-electron chi connectivity index (χ2n) is 4.89. The molecule has 2 aromatic rings. The smallest absolute Gasteiger partial charge is 0.192 e. The summed E-state index contributed by atoms with van der Waals surface area (Å²) in [7, 11) is 0. The van der Waals surface area contributed by atoms with Gasteiger partial charge in [-0.25, -0.2) is 4.98 Å². The fourth-order valence-electron chi connectivity index (χ4n) is 2.37. The number of anilines is 1. The van der Waals surface area contributed by atoms with Crippen molar-refractivity contribution in [1.29, 1.82) is 0 Å². The van der Waals surface area contributed by atoms with Gasteiger partial charge in [0.25, 0.3) is 0 Å². The summed E-state index contributed by atoms with van der Waals surface area (Å²) >= 11 is 0. The fraction of sp³-hybridized carbons (Fsp3) is 0.462. The van der Waals surface area contributed by atoms with Crippen LogP contribution in [0.15, 0.2) is 22.6 Å². The Bertz CT molecular complexity index is 528. The van der Waals surface area contributed by atoms with Crippen LogP contribution in [0.1, 0.15) is 18.7 Å². The maximum atomic E-state index is 5.76. The predicted octanol–water partition coefficient (Wildman–Crippen LogP) is 2.29. The molecule has 1 saturated carbocycles. The van der Waals surface area contributed by atoms with Crippen LogP contribution in [0.2, 0.25) is 0 Å². The maximum Gasteiger partial charge on any atom is 0.192 e. The van der Waals surface area contributed by atoms with Crippen molar-refractivity contribution in [2.24, 2.45) is 11.7 Å². The summed E-state index contributed by atoms with van der Waals surface area (Å²) in [5.41, 5.74) is 8.63. The van der Waals surface area contributed by atoms with Crippen LogP contribution < -0.4 is 11.1 Å². The van der Waals surface area contributed by atoms with Crippen LogP contribution in [0.4, 0.5) is 5.69 Å². The molecule has 0 amide bonds. The van der Waals surface area contributed by atoms with Crippen molar-refractivity contribution in [3.63, 3.8) is 0 Å². The van der Waals surface area contributed by atoms with Crippen LogP contribution in [0, 0.1) is 12.8 Å². The third kappa shape index (κ3) is 2.13. The molecule has 1 fully saturated rings. The first-order valence-electron chi connectivity index (χ1n) is 6.07. The molecular formula is C13H17N3O. The Morgan fingerprint density at radius 3 is 3.06 bits per heavy atom. The molecule has 1 aliphatic carbocycles. The molecule has 0 spiro atoms. The van der Waals surface area contributed by atoms with Crippen LogP contribution >= 0.6 is 0 Å². The number of hydrogen-bond donors (Lipinski definition) is 2. The number of fused-ring (bicyclic) bond motifs is 1. The lowest BCUT2D eigenvalue weighted by molar-refractivity contribution is 0.280. The summed E-state index contributed by atoms with van der Waals surface area (Å²) in [5.74, 6) is 1.43. The van der Waals surface area contributed by atoms with E-state index in [0.29, 0.717) is 11.9 Å². The van der Waals surface area contributed by atoms with Crippen LogP contribution in [0.3, 0.4) is 0 Å². The lowest BCUT2D eigenvalue weighted by Gasteiger charge is -2.32. The highest BCUT2D eigenvalue weighted by molar-refractivity contribution is 5.77. The Morgan fingerprint density at radius 1 is 1.47 bits per heavy atom. The number of nitrogens with zero attached hydrogens (tertiary/aromatic N) is 1. The molecule has 17 heavy (non-hydrogen) atoms. The number of oxazole rings is 1. The molecule has 1 aliphatic rings. The molecule has 0 bridgehead atoms. The van der Waals surface area contributed by atoms with Crippen molar-refractivity contribution in [1.82, 2.24) is 4.98 Å². The topological polar surface area (TPSA) is 64.1 Å². The molecule has 0 atom stereocenters. The first-order valence-corrected chi connectivity index (χ1v) is 6.07. The third-order valence-corrected chi connectivity index (χ3v) is 3.36. The van der Waals surface area contributed by atoms with E-state index in [1.807, 2.05) is 25.1 Å². The predicted molar refractivity (Wildman–Crippen MR) is 67.9 cm³/mol. The zero-order valence-electron chi connectivity index (χ0n) is 9.94. The Morgan fingerprint density at radius 2 is 2.29 bits per heavy atom. The summed E-state index contributed by atoms with van der Waals surface area (Å²) in [6.45, 7) is 2.86. The van der Waals surface area contributed by atoms with E-state index in [1.54, 1.807) is 0 Å². The first kappa shape index (κ1) is 10.6. The van der Waals surface area contributed by atoms with Crippen LogP contribution in [0.25, 0.3) is 11.1 Å². The van der Waals surface area contributed by atoms with Crippen LogP contribution in [-0.4, -0.2) is 17.6 Å². The van der Waals surface area contributed by atoms with Crippen molar-refractivity contribution in [3.05, 3.63) is 24.1 Å². The van der Waals surface area contributed by atoms with Crippen LogP contribution in [0.5, 0.6) is 0 Å². The van der Waals surface area contributed by atoms with Gasteiger partial charge in [0.1, 0.15) is 5.52 Å². The van der Waals surface area contributed by atoms with E-state index in [1.165, 1.54) is 0 Å². The minimum Gasteiger partial charge on any atom is -0.441 e. The van der Waals surface area contributed by atoms with Crippen molar-refractivity contribution in [3.8, 4) is 0 Å². The van der Waals surface area contributed by atoms with Gasteiger partial charge in [-0.05, 0) is 37.0 Å². The monoisotopic (exact) mass is 231 g/mol. The number of benzene rings is 1. The lowest BCUT2D eigenvalue weighted by Crippen LogP contribution is -2.39. The van der Waals surface area contributed by atoms with E-state index < -0.39 is 0 Å². The third-order valence-electron chi connectivity index (χ3n) is 3.36. The zero-order chi connectivity index (χ0) is 11.8. The van der Waals surface area contributed by atoms with Crippen molar-refractivity contribution in [2.75, 3.05) is 11.9 Å². The number of nitrogens with two attached hydrogens (primary N) is 1. The summed E-state index contributed by atoms with van der Waals surface area (Å²) in [5, 5.41) is 3.43. The maximum absolute atomic E-state index is 5.76. The average molecular weight is 231 g/mol. The SMILES string of the molecule is Cc1nc2cc(NCC3CC(N)C3)ccc2o1. The summed E-state index contributed by atoms with van der Waals surface area (Å²) < 4.78 is 5.44. The van der Waals surface area contributed by atoms with E-state index >= 15 is 0 Å². The Labute approximate surface area is 100 Å². The fourth-order valence-corrected chi connectivity index (χ4v) is 2.37. The van der Waals surface area contributed by atoms with Gasteiger partial charge in [-0.2, -0.15) is 0 Å². The average Bonchev–Trinajstić information content (AvgIpc) is 2.62. The van der Waals surface area contributed by atoms with Crippen LogP contribution in [-0.2, 0) is 0 Å². The van der Waals surface area contributed by atoms with E-state index in [0.717, 1.165) is 42.1 Å². The second-order valence-corrected chi connectivity index (χ2v) is 4.89. The zero-order valence-corrected chi connectivity index (χ0v) is 9.94. The molecular weight excluding hydrogens is 214 g/mol. The number of hydrogen-bond acceptors (Lipinski definition) is 4. The molecule has 4 heteroatoms. The highest BCUT2D eigenvalue weighted by atomic mass is 16.3. The largest absolute Gasteiger partial charge is 0.441 e. The van der Waals surface area contributed by atoms with Gasteiger partial charge in [0, 0.05) is 25.2 Å². The minimum absolute atomic E-state index is 0.419. The molecule has 1 aromatic carbocycles. The van der Waals surface area contributed by atoms with E-state index in [4.69, 9.17) is 10.2 Å². The molecule has 3 rings (SSSR count). The normalized spacial score (nSPS) is 23.6. The molecule has 0 radical (unpaired) electrons. The Balaban J connectivity index is 1.68.